The van der Waals surface area contributed by atoms with Gasteiger partial charge < -0.3 is 9.84 Å². The Balaban J connectivity index is 1.99. The van der Waals surface area contributed by atoms with Gasteiger partial charge in [0.15, 0.2) is 0 Å². The van der Waals surface area contributed by atoms with Crippen LogP contribution in [0.5, 0.6) is 5.75 Å². The Morgan fingerprint density at radius 2 is 1.94 bits per heavy atom. The van der Waals surface area contributed by atoms with Gasteiger partial charge in [-0.25, -0.2) is 0 Å². The van der Waals surface area contributed by atoms with E-state index in [0.29, 0.717) is 0 Å². The molecule has 17 heavy (non-hydrogen) atoms. The highest BCUT2D eigenvalue weighted by Crippen LogP contribution is 2.30. The second kappa shape index (κ2) is 5.71. The van der Waals surface area contributed by atoms with Crippen molar-refractivity contribution in [3.05, 3.63) is 30.3 Å². The third kappa shape index (κ3) is 3.48. The lowest BCUT2D eigenvalue weighted by molar-refractivity contribution is -0.139. The van der Waals surface area contributed by atoms with Crippen LogP contribution in [-0.2, 0) is 4.79 Å². The predicted octanol–water partition coefficient (Wildman–Crippen LogP) is 3.10. The first-order valence-electron chi connectivity index (χ1n) is 6.19. The lowest BCUT2D eigenvalue weighted by Gasteiger charge is -2.31. The van der Waals surface area contributed by atoms with Gasteiger partial charge >= 0.3 is 5.97 Å². The summed E-state index contributed by atoms with van der Waals surface area (Å²) in [6.07, 6.45) is 4.45. The summed E-state index contributed by atoms with van der Waals surface area (Å²) in [6.45, 7) is 0. The Morgan fingerprint density at radius 3 is 2.65 bits per heavy atom. The molecule has 0 heterocycles. The largest absolute Gasteiger partial charge is 0.490 e. The average Bonchev–Trinajstić information content (AvgIpc) is 2.32. The Morgan fingerprint density at radius 1 is 1.24 bits per heavy atom. The van der Waals surface area contributed by atoms with E-state index in [-0.39, 0.29) is 18.4 Å². The van der Waals surface area contributed by atoms with Crippen LogP contribution in [0.4, 0.5) is 0 Å². The van der Waals surface area contributed by atoms with Gasteiger partial charge in [-0.2, -0.15) is 0 Å². The van der Waals surface area contributed by atoms with E-state index in [2.05, 4.69) is 0 Å². The van der Waals surface area contributed by atoms with E-state index >= 15 is 0 Å². The van der Waals surface area contributed by atoms with Crippen molar-refractivity contribution in [1.29, 1.82) is 0 Å². The summed E-state index contributed by atoms with van der Waals surface area (Å²) in [5.74, 6) is 0.273. The summed E-state index contributed by atoms with van der Waals surface area (Å²) in [7, 11) is 0. The molecule has 1 aromatic rings. The lowest BCUT2D eigenvalue weighted by atomic mass is 9.84. The number of carboxylic acid groups (broad SMARTS) is 1. The van der Waals surface area contributed by atoms with Crippen LogP contribution in [0.2, 0.25) is 0 Å². The van der Waals surface area contributed by atoms with Gasteiger partial charge in [0.1, 0.15) is 11.9 Å². The standard InChI is InChI=1S/C14H18O3/c15-14(16)10-11-6-4-5-9-13(11)17-12-7-2-1-3-8-12/h1-3,7-8,11,13H,4-6,9-10H2,(H,15,16). The van der Waals surface area contributed by atoms with Crippen molar-refractivity contribution in [2.24, 2.45) is 5.92 Å². The molecule has 0 radical (unpaired) electrons. The Bertz CT molecular complexity index is 361. The number of carbonyl (C=O) groups is 1. The molecule has 0 saturated heterocycles. The van der Waals surface area contributed by atoms with Gasteiger partial charge in [0.2, 0.25) is 0 Å². The molecule has 92 valence electrons. The van der Waals surface area contributed by atoms with E-state index in [1.54, 1.807) is 0 Å². The zero-order valence-corrected chi connectivity index (χ0v) is 9.84. The summed E-state index contributed by atoms with van der Waals surface area (Å²) in [4.78, 5) is 10.8. The van der Waals surface area contributed by atoms with Crippen LogP contribution in [0.15, 0.2) is 30.3 Å². The number of carboxylic acids is 1. The van der Waals surface area contributed by atoms with E-state index < -0.39 is 5.97 Å². The summed E-state index contributed by atoms with van der Waals surface area (Å²) >= 11 is 0. The van der Waals surface area contributed by atoms with Gasteiger partial charge in [0.05, 0.1) is 6.42 Å². The third-order valence-electron chi connectivity index (χ3n) is 3.31. The summed E-state index contributed by atoms with van der Waals surface area (Å²) in [6, 6.07) is 9.66. The molecule has 1 aromatic carbocycles. The average molecular weight is 234 g/mol. The smallest absolute Gasteiger partial charge is 0.303 e. The highest BCUT2D eigenvalue weighted by molar-refractivity contribution is 5.67. The van der Waals surface area contributed by atoms with Crippen LogP contribution in [0.25, 0.3) is 0 Å². The fraction of sp³-hybridized carbons (Fsp3) is 0.500. The number of rotatable bonds is 4. The molecule has 0 spiro atoms. The van der Waals surface area contributed by atoms with Crippen molar-refractivity contribution in [1.82, 2.24) is 0 Å². The van der Waals surface area contributed by atoms with Crippen LogP contribution < -0.4 is 4.74 Å². The normalized spacial score (nSPS) is 24.2. The molecule has 1 N–H and O–H groups in total. The SMILES string of the molecule is O=C(O)CC1CCCCC1Oc1ccccc1. The van der Waals surface area contributed by atoms with Crippen LogP contribution in [0, 0.1) is 5.92 Å². The molecule has 2 atom stereocenters. The van der Waals surface area contributed by atoms with Crippen molar-refractivity contribution in [3.8, 4) is 5.75 Å². The lowest BCUT2D eigenvalue weighted by Crippen LogP contribution is -2.31. The van der Waals surface area contributed by atoms with Gasteiger partial charge in [-0.3, -0.25) is 4.79 Å². The molecule has 1 aliphatic rings. The molecular weight excluding hydrogens is 216 g/mol. The van der Waals surface area contributed by atoms with E-state index in [4.69, 9.17) is 9.84 Å². The van der Waals surface area contributed by atoms with Gasteiger partial charge in [-0.1, -0.05) is 24.6 Å². The van der Waals surface area contributed by atoms with E-state index in [0.717, 1.165) is 31.4 Å². The maximum absolute atomic E-state index is 10.8. The highest BCUT2D eigenvalue weighted by atomic mass is 16.5. The molecule has 1 aliphatic carbocycles. The van der Waals surface area contributed by atoms with Gasteiger partial charge in [-0.05, 0) is 31.4 Å². The van der Waals surface area contributed by atoms with Crippen molar-refractivity contribution in [2.45, 2.75) is 38.2 Å². The molecule has 0 amide bonds. The van der Waals surface area contributed by atoms with Crippen molar-refractivity contribution >= 4 is 5.97 Å². The first kappa shape index (κ1) is 12.0. The van der Waals surface area contributed by atoms with Crippen molar-refractivity contribution in [3.63, 3.8) is 0 Å². The quantitative estimate of drug-likeness (QED) is 0.870. The van der Waals surface area contributed by atoms with E-state index in [1.807, 2.05) is 30.3 Å². The van der Waals surface area contributed by atoms with E-state index in [9.17, 15) is 4.79 Å². The van der Waals surface area contributed by atoms with Crippen LogP contribution >= 0.6 is 0 Å². The number of para-hydroxylation sites is 1. The molecule has 1 fully saturated rings. The first-order valence-corrected chi connectivity index (χ1v) is 6.19. The van der Waals surface area contributed by atoms with Crippen LogP contribution in [0.3, 0.4) is 0 Å². The van der Waals surface area contributed by atoms with Gasteiger partial charge in [0.25, 0.3) is 0 Å². The first-order chi connectivity index (χ1) is 8.25. The molecule has 0 bridgehead atoms. The fourth-order valence-corrected chi connectivity index (χ4v) is 2.46. The number of benzene rings is 1. The molecule has 0 aromatic heterocycles. The molecule has 1 saturated carbocycles. The van der Waals surface area contributed by atoms with Crippen LogP contribution in [0.1, 0.15) is 32.1 Å². The topological polar surface area (TPSA) is 46.5 Å². The Kier molecular flexibility index (Phi) is 4.02. The Hall–Kier alpha value is -1.51. The zero-order chi connectivity index (χ0) is 12.1. The molecule has 2 unspecified atom stereocenters. The second-order valence-electron chi connectivity index (χ2n) is 4.61. The maximum Gasteiger partial charge on any atom is 0.303 e. The monoisotopic (exact) mass is 234 g/mol. The van der Waals surface area contributed by atoms with Crippen molar-refractivity contribution in [2.75, 3.05) is 0 Å². The van der Waals surface area contributed by atoms with Gasteiger partial charge in [-0.15, -0.1) is 0 Å². The molecular formula is C14H18O3. The highest BCUT2D eigenvalue weighted by Gasteiger charge is 2.28. The summed E-state index contributed by atoms with van der Waals surface area (Å²) in [5.41, 5.74) is 0. The maximum atomic E-state index is 10.8. The number of hydrogen-bond acceptors (Lipinski definition) is 2. The second-order valence-corrected chi connectivity index (χ2v) is 4.61. The number of ether oxygens (including phenoxy) is 1. The van der Waals surface area contributed by atoms with Crippen molar-refractivity contribution < 1.29 is 14.6 Å². The molecule has 2 rings (SSSR count). The summed E-state index contributed by atoms with van der Waals surface area (Å²) < 4.78 is 5.91. The zero-order valence-electron chi connectivity index (χ0n) is 9.84. The van der Waals surface area contributed by atoms with E-state index in [1.165, 1.54) is 0 Å². The molecule has 3 nitrogen and oxygen atoms in total. The summed E-state index contributed by atoms with van der Waals surface area (Å²) in [5, 5.41) is 8.89. The minimum absolute atomic E-state index is 0.0576. The minimum atomic E-state index is -0.724. The van der Waals surface area contributed by atoms with Crippen LogP contribution in [-0.4, -0.2) is 17.2 Å². The predicted molar refractivity (Wildman–Crippen MR) is 65.1 cm³/mol. The minimum Gasteiger partial charge on any atom is -0.490 e. The Labute approximate surface area is 101 Å². The van der Waals surface area contributed by atoms with Gasteiger partial charge in [0, 0.05) is 5.92 Å². The fourth-order valence-electron chi connectivity index (χ4n) is 2.46. The molecule has 3 heteroatoms. The third-order valence-corrected chi connectivity index (χ3v) is 3.31. The number of aliphatic carboxylic acids is 1. The number of hydrogen-bond donors (Lipinski definition) is 1. The molecule has 0 aliphatic heterocycles.